The largest absolute Gasteiger partial charge is 0.494 e. The van der Waals surface area contributed by atoms with Crippen LogP contribution in [0.1, 0.15) is 12.5 Å². The molecule has 0 saturated carbocycles. The first-order chi connectivity index (χ1) is 13.9. The zero-order chi connectivity index (χ0) is 21.1. The molecule has 0 saturated heterocycles. The molecule has 7 heteroatoms. The van der Waals surface area contributed by atoms with Gasteiger partial charge in [-0.3, -0.25) is 4.79 Å². The first kappa shape index (κ1) is 20.3. The minimum atomic E-state index is -0.149. The predicted molar refractivity (Wildman–Crippen MR) is 112 cm³/mol. The number of amides is 1. The second-order valence-electron chi connectivity index (χ2n) is 6.46. The summed E-state index contributed by atoms with van der Waals surface area (Å²) in [4.78, 5) is 16.4. The fourth-order valence-corrected chi connectivity index (χ4v) is 3.35. The summed E-state index contributed by atoms with van der Waals surface area (Å²) in [5.41, 5.74) is 3.81. The molecule has 0 aliphatic rings. The van der Waals surface area contributed by atoms with Crippen LogP contribution in [0.2, 0.25) is 0 Å². The van der Waals surface area contributed by atoms with E-state index in [0.717, 1.165) is 16.5 Å². The minimum Gasteiger partial charge on any atom is -0.494 e. The summed E-state index contributed by atoms with van der Waals surface area (Å²) in [6.07, 6.45) is 0. The van der Waals surface area contributed by atoms with E-state index < -0.39 is 0 Å². The summed E-state index contributed by atoms with van der Waals surface area (Å²) in [6.45, 7) is 3.44. The molecule has 0 aliphatic heterocycles. The Morgan fingerprint density at radius 3 is 2.03 bits per heavy atom. The molecule has 1 heterocycles. The van der Waals surface area contributed by atoms with Crippen LogP contribution in [0.15, 0.2) is 30.3 Å². The molecule has 0 spiro atoms. The zero-order valence-electron chi connectivity index (χ0n) is 17.4. The fraction of sp³-hybridized carbons (Fsp3) is 0.273. The van der Waals surface area contributed by atoms with Crippen LogP contribution in [0.5, 0.6) is 23.0 Å². The van der Waals surface area contributed by atoms with Crippen LogP contribution in [0.4, 0.5) is 5.69 Å². The number of hydrogen-bond acceptors (Lipinski definition) is 6. The van der Waals surface area contributed by atoms with Gasteiger partial charge in [-0.15, -0.1) is 0 Å². The smallest absolute Gasteiger partial charge is 0.221 e. The number of anilines is 1. The molecule has 29 heavy (non-hydrogen) atoms. The molecule has 0 aliphatic carbocycles. The number of pyridine rings is 1. The maximum absolute atomic E-state index is 11.6. The van der Waals surface area contributed by atoms with Gasteiger partial charge in [-0.2, -0.15) is 0 Å². The van der Waals surface area contributed by atoms with Crippen molar-refractivity contribution in [2.45, 2.75) is 13.8 Å². The number of benzene rings is 2. The number of ether oxygens (including phenoxy) is 4. The number of nitrogens with one attached hydrogen (secondary N) is 1. The SMILES string of the molecule is COc1cc(-c2cc(C)c3c(NC(C)=O)ccc(OC)c3n2)cc(OC)c1OC. The van der Waals surface area contributed by atoms with Crippen molar-refractivity contribution in [1.82, 2.24) is 4.98 Å². The van der Waals surface area contributed by atoms with Crippen LogP contribution < -0.4 is 24.3 Å². The van der Waals surface area contributed by atoms with Crippen molar-refractivity contribution in [3.05, 3.63) is 35.9 Å². The van der Waals surface area contributed by atoms with E-state index in [1.807, 2.05) is 31.2 Å². The first-order valence-corrected chi connectivity index (χ1v) is 8.99. The van der Waals surface area contributed by atoms with Crippen LogP contribution in [0, 0.1) is 6.92 Å². The van der Waals surface area contributed by atoms with Gasteiger partial charge in [0, 0.05) is 17.9 Å². The summed E-state index contributed by atoms with van der Waals surface area (Å²) in [6, 6.07) is 9.25. The second kappa shape index (κ2) is 8.26. The van der Waals surface area contributed by atoms with Gasteiger partial charge in [0.25, 0.3) is 0 Å². The number of aryl methyl sites for hydroxylation is 1. The molecule has 152 valence electrons. The highest BCUT2D eigenvalue weighted by Gasteiger charge is 2.18. The van der Waals surface area contributed by atoms with E-state index in [-0.39, 0.29) is 5.91 Å². The molecule has 1 N–H and O–H groups in total. The van der Waals surface area contributed by atoms with E-state index in [2.05, 4.69) is 5.32 Å². The summed E-state index contributed by atoms with van der Waals surface area (Å²) in [5.74, 6) is 2.07. The average molecular weight is 396 g/mol. The van der Waals surface area contributed by atoms with Gasteiger partial charge in [0.2, 0.25) is 11.7 Å². The Balaban J connectivity index is 2.28. The quantitative estimate of drug-likeness (QED) is 0.673. The van der Waals surface area contributed by atoms with Crippen LogP contribution in [-0.2, 0) is 4.79 Å². The van der Waals surface area contributed by atoms with E-state index in [1.54, 1.807) is 34.5 Å². The molecule has 0 unspecified atom stereocenters. The van der Waals surface area contributed by atoms with Crippen LogP contribution in [0.3, 0.4) is 0 Å². The Morgan fingerprint density at radius 1 is 0.897 bits per heavy atom. The lowest BCUT2D eigenvalue weighted by atomic mass is 10.0. The number of nitrogens with zero attached hydrogens (tertiary/aromatic N) is 1. The lowest BCUT2D eigenvalue weighted by Gasteiger charge is -2.16. The van der Waals surface area contributed by atoms with Crippen molar-refractivity contribution in [3.63, 3.8) is 0 Å². The number of methoxy groups -OCH3 is 4. The third-order valence-corrected chi connectivity index (χ3v) is 4.61. The van der Waals surface area contributed by atoms with Gasteiger partial charge in [0.05, 0.1) is 39.8 Å². The van der Waals surface area contributed by atoms with Gasteiger partial charge < -0.3 is 24.3 Å². The van der Waals surface area contributed by atoms with Crippen LogP contribution in [-0.4, -0.2) is 39.3 Å². The third kappa shape index (κ3) is 3.76. The zero-order valence-corrected chi connectivity index (χ0v) is 17.4. The predicted octanol–water partition coefficient (Wildman–Crippen LogP) is 4.20. The average Bonchev–Trinajstić information content (AvgIpc) is 2.71. The van der Waals surface area contributed by atoms with Gasteiger partial charge in [-0.1, -0.05) is 0 Å². The van der Waals surface area contributed by atoms with Crippen LogP contribution >= 0.6 is 0 Å². The molecule has 0 atom stereocenters. The number of rotatable bonds is 6. The Bertz CT molecular complexity index is 1050. The highest BCUT2D eigenvalue weighted by molar-refractivity contribution is 6.04. The lowest BCUT2D eigenvalue weighted by Crippen LogP contribution is -2.07. The minimum absolute atomic E-state index is 0.149. The van der Waals surface area contributed by atoms with Gasteiger partial charge in [0.1, 0.15) is 11.3 Å². The molecule has 0 bridgehead atoms. The van der Waals surface area contributed by atoms with Crippen LogP contribution in [0.25, 0.3) is 22.2 Å². The van der Waals surface area contributed by atoms with Gasteiger partial charge in [-0.05, 0) is 42.8 Å². The number of hydrogen-bond donors (Lipinski definition) is 1. The van der Waals surface area contributed by atoms with E-state index in [0.29, 0.717) is 39.9 Å². The molecule has 1 aromatic heterocycles. The summed E-state index contributed by atoms with van der Waals surface area (Å²) >= 11 is 0. The standard InChI is InChI=1S/C22H24N2O5/c1-12-9-16(14-10-18(27-4)22(29-6)19(11-14)28-5)24-21-17(26-3)8-7-15(20(12)21)23-13(2)25/h7-11H,1-6H3,(H,23,25). The van der Waals surface area contributed by atoms with E-state index in [9.17, 15) is 4.79 Å². The molecule has 1 amide bonds. The number of fused-ring (bicyclic) bond motifs is 1. The Hall–Kier alpha value is -3.48. The molecule has 2 aromatic carbocycles. The van der Waals surface area contributed by atoms with Gasteiger partial charge in [-0.25, -0.2) is 4.98 Å². The summed E-state index contributed by atoms with van der Waals surface area (Å²) in [5, 5.41) is 3.69. The van der Waals surface area contributed by atoms with Gasteiger partial charge in [0.15, 0.2) is 11.5 Å². The maximum Gasteiger partial charge on any atom is 0.221 e. The van der Waals surface area contributed by atoms with Crippen molar-refractivity contribution >= 4 is 22.5 Å². The lowest BCUT2D eigenvalue weighted by molar-refractivity contribution is -0.114. The highest BCUT2D eigenvalue weighted by atomic mass is 16.5. The maximum atomic E-state index is 11.6. The normalized spacial score (nSPS) is 10.6. The first-order valence-electron chi connectivity index (χ1n) is 8.99. The fourth-order valence-electron chi connectivity index (χ4n) is 3.35. The second-order valence-corrected chi connectivity index (χ2v) is 6.46. The molecular formula is C22H24N2O5. The highest BCUT2D eigenvalue weighted by Crippen LogP contribution is 2.42. The van der Waals surface area contributed by atoms with Crippen molar-refractivity contribution in [1.29, 1.82) is 0 Å². The van der Waals surface area contributed by atoms with E-state index in [4.69, 9.17) is 23.9 Å². The van der Waals surface area contributed by atoms with Gasteiger partial charge >= 0.3 is 0 Å². The Kier molecular flexibility index (Phi) is 5.77. The molecule has 0 radical (unpaired) electrons. The summed E-state index contributed by atoms with van der Waals surface area (Å²) < 4.78 is 21.8. The number of carbonyl (C=O) groups excluding carboxylic acids is 1. The number of carbonyl (C=O) groups is 1. The number of aromatic nitrogens is 1. The molecule has 3 aromatic rings. The topological polar surface area (TPSA) is 78.9 Å². The van der Waals surface area contributed by atoms with Crippen molar-refractivity contribution in [2.75, 3.05) is 33.8 Å². The van der Waals surface area contributed by atoms with Crippen molar-refractivity contribution in [3.8, 4) is 34.3 Å². The summed E-state index contributed by atoms with van der Waals surface area (Å²) in [7, 11) is 6.30. The van der Waals surface area contributed by atoms with Crippen molar-refractivity contribution < 1.29 is 23.7 Å². The molecular weight excluding hydrogens is 372 g/mol. The van der Waals surface area contributed by atoms with E-state index >= 15 is 0 Å². The third-order valence-electron chi connectivity index (χ3n) is 4.61. The molecule has 0 fully saturated rings. The van der Waals surface area contributed by atoms with Crippen molar-refractivity contribution in [2.24, 2.45) is 0 Å². The Morgan fingerprint density at radius 2 is 1.52 bits per heavy atom. The Labute approximate surface area is 169 Å². The molecule has 7 nitrogen and oxygen atoms in total. The molecule has 3 rings (SSSR count). The monoisotopic (exact) mass is 396 g/mol. The van der Waals surface area contributed by atoms with E-state index in [1.165, 1.54) is 6.92 Å².